The van der Waals surface area contributed by atoms with Crippen LogP contribution in [-0.2, 0) is 15.7 Å². The Kier molecular flexibility index (Phi) is 5.41. The molecule has 1 aromatic heterocycles. The average Bonchev–Trinajstić information content (AvgIpc) is 3.45. The van der Waals surface area contributed by atoms with E-state index in [1.165, 1.54) is 17.0 Å². The molecule has 0 aliphatic carbocycles. The van der Waals surface area contributed by atoms with E-state index >= 15 is 0 Å². The van der Waals surface area contributed by atoms with Crippen molar-refractivity contribution in [2.24, 2.45) is 0 Å². The molecule has 0 spiro atoms. The van der Waals surface area contributed by atoms with Crippen molar-refractivity contribution in [1.29, 1.82) is 0 Å². The monoisotopic (exact) mass is 424 g/mol. The molecule has 9 nitrogen and oxygen atoms in total. The van der Waals surface area contributed by atoms with Gasteiger partial charge in [0, 0.05) is 32.8 Å². The summed E-state index contributed by atoms with van der Waals surface area (Å²) in [4.78, 5) is 29.2. The van der Waals surface area contributed by atoms with Crippen molar-refractivity contribution in [3.8, 4) is 5.69 Å². The standard InChI is InChI=1S/C18H19F3N6O3/c19-18(20,21)12-3-5-13(6-4-12)27-23-15(22-24-27)17(29)26-9-7-25(8-10-26)16(28)14-2-1-11-30-14/h3-6,14H,1-2,7-11H2. The lowest BCUT2D eigenvalue weighted by Gasteiger charge is -2.35. The largest absolute Gasteiger partial charge is 0.416 e. The molecular formula is C18H19F3N6O3. The van der Waals surface area contributed by atoms with Crippen molar-refractivity contribution in [3.63, 3.8) is 0 Å². The summed E-state index contributed by atoms with van der Waals surface area (Å²) in [7, 11) is 0. The predicted octanol–water partition coefficient (Wildman–Crippen LogP) is 1.14. The van der Waals surface area contributed by atoms with Gasteiger partial charge < -0.3 is 14.5 Å². The molecule has 0 radical (unpaired) electrons. The summed E-state index contributed by atoms with van der Waals surface area (Å²) in [5, 5.41) is 11.5. The van der Waals surface area contributed by atoms with E-state index in [-0.39, 0.29) is 17.4 Å². The second kappa shape index (κ2) is 8.01. The van der Waals surface area contributed by atoms with Gasteiger partial charge >= 0.3 is 6.18 Å². The lowest BCUT2D eigenvalue weighted by molar-refractivity contribution is -0.142. The van der Waals surface area contributed by atoms with Crippen molar-refractivity contribution in [3.05, 3.63) is 35.7 Å². The number of ether oxygens (including phenoxy) is 1. The highest BCUT2D eigenvalue weighted by atomic mass is 19.4. The van der Waals surface area contributed by atoms with E-state index in [1.807, 2.05) is 0 Å². The summed E-state index contributed by atoms with van der Waals surface area (Å²) < 4.78 is 43.4. The smallest absolute Gasteiger partial charge is 0.368 e. The van der Waals surface area contributed by atoms with E-state index in [1.54, 1.807) is 4.90 Å². The van der Waals surface area contributed by atoms with Crippen LogP contribution in [0.1, 0.15) is 29.0 Å². The van der Waals surface area contributed by atoms with Crippen LogP contribution in [0.25, 0.3) is 5.69 Å². The van der Waals surface area contributed by atoms with E-state index in [2.05, 4.69) is 15.4 Å². The van der Waals surface area contributed by atoms with Crippen LogP contribution in [0.5, 0.6) is 0 Å². The second-order valence-electron chi connectivity index (χ2n) is 7.07. The fourth-order valence-electron chi connectivity index (χ4n) is 3.44. The first-order chi connectivity index (χ1) is 14.3. The molecule has 0 N–H and O–H groups in total. The molecule has 2 aromatic rings. The highest BCUT2D eigenvalue weighted by Crippen LogP contribution is 2.29. The van der Waals surface area contributed by atoms with Crippen molar-refractivity contribution >= 4 is 11.8 Å². The average molecular weight is 424 g/mol. The molecule has 2 aliphatic heterocycles. The quantitative estimate of drug-likeness (QED) is 0.734. The maximum absolute atomic E-state index is 12.7. The Morgan fingerprint density at radius 3 is 2.30 bits per heavy atom. The topological polar surface area (TPSA) is 93.5 Å². The van der Waals surface area contributed by atoms with Gasteiger partial charge in [0.2, 0.25) is 0 Å². The van der Waals surface area contributed by atoms with Gasteiger partial charge in [-0.1, -0.05) is 0 Å². The molecular weight excluding hydrogens is 405 g/mol. The molecule has 0 saturated carbocycles. The minimum Gasteiger partial charge on any atom is -0.368 e. The molecule has 160 valence electrons. The number of carbonyl (C=O) groups excluding carboxylic acids is 2. The molecule has 4 rings (SSSR count). The lowest BCUT2D eigenvalue weighted by Crippen LogP contribution is -2.53. The van der Waals surface area contributed by atoms with Crippen molar-refractivity contribution in [2.75, 3.05) is 32.8 Å². The molecule has 12 heteroatoms. The van der Waals surface area contributed by atoms with Gasteiger partial charge in [0.15, 0.2) is 0 Å². The number of piperazine rings is 1. The number of nitrogens with zero attached hydrogens (tertiary/aromatic N) is 6. The van der Waals surface area contributed by atoms with E-state index in [9.17, 15) is 22.8 Å². The van der Waals surface area contributed by atoms with Crippen LogP contribution in [0.2, 0.25) is 0 Å². The maximum Gasteiger partial charge on any atom is 0.416 e. The summed E-state index contributed by atoms with van der Waals surface area (Å²) in [5.74, 6) is -0.655. The molecule has 0 bridgehead atoms. The Morgan fingerprint density at radius 1 is 1.03 bits per heavy atom. The number of rotatable bonds is 3. The molecule has 3 heterocycles. The number of carbonyl (C=O) groups is 2. The fraction of sp³-hybridized carbons (Fsp3) is 0.500. The zero-order valence-electron chi connectivity index (χ0n) is 15.9. The Balaban J connectivity index is 1.37. The Morgan fingerprint density at radius 2 is 1.70 bits per heavy atom. The normalized spacial score (nSPS) is 19.9. The molecule has 2 saturated heterocycles. The predicted molar refractivity (Wildman–Crippen MR) is 95.6 cm³/mol. The van der Waals surface area contributed by atoms with Gasteiger partial charge in [-0.25, -0.2) is 0 Å². The van der Waals surface area contributed by atoms with Crippen LogP contribution in [-0.4, -0.2) is 80.7 Å². The van der Waals surface area contributed by atoms with E-state index in [4.69, 9.17) is 4.74 Å². The first kappa shape index (κ1) is 20.3. The van der Waals surface area contributed by atoms with E-state index < -0.39 is 23.8 Å². The van der Waals surface area contributed by atoms with Crippen LogP contribution >= 0.6 is 0 Å². The van der Waals surface area contributed by atoms with Crippen LogP contribution < -0.4 is 0 Å². The number of alkyl halides is 3. The summed E-state index contributed by atoms with van der Waals surface area (Å²) in [6.45, 7) is 2.02. The lowest BCUT2D eigenvalue weighted by atomic mass is 10.2. The van der Waals surface area contributed by atoms with Gasteiger partial charge in [0.05, 0.1) is 11.3 Å². The Hall–Kier alpha value is -3.02. The number of aromatic nitrogens is 4. The maximum atomic E-state index is 12.7. The Labute approximate surface area is 169 Å². The molecule has 2 fully saturated rings. The Bertz CT molecular complexity index is 916. The minimum absolute atomic E-state index is 0.0500. The highest BCUT2D eigenvalue weighted by molar-refractivity contribution is 5.90. The summed E-state index contributed by atoms with van der Waals surface area (Å²) >= 11 is 0. The van der Waals surface area contributed by atoms with Crippen LogP contribution in [0, 0.1) is 0 Å². The number of amides is 2. The third-order valence-corrected chi connectivity index (χ3v) is 5.11. The van der Waals surface area contributed by atoms with Gasteiger partial charge in [-0.3, -0.25) is 9.59 Å². The third kappa shape index (κ3) is 4.13. The zero-order valence-corrected chi connectivity index (χ0v) is 15.9. The third-order valence-electron chi connectivity index (χ3n) is 5.11. The van der Waals surface area contributed by atoms with E-state index in [0.717, 1.165) is 29.8 Å². The zero-order chi connectivity index (χ0) is 21.3. The first-order valence-electron chi connectivity index (χ1n) is 9.50. The molecule has 2 aliphatic rings. The molecule has 1 aromatic carbocycles. The van der Waals surface area contributed by atoms with Crippen molar-refractivity contribution in [1.82, 2.24) is 30.0 Å². The summed E-state index contributed by atoms with van der Waals surface area (Å²) in [5.41, 5.74) is -0.542. The van der Waals surface area contributed by atoms with Gasteiger partial charge in [0.25, 0.3) is 17.6 Å². The van der Waals surface area contributed by atoms with Gasteiger partial charge in [-0.05, 0) is 42.3 Å². The SMILES string of the molecule is O=C(c1nnn(-c2ccc(C(F)(F)F)cc2)n1)N1CCN(C(=O)C2CCCO2)CC1. The number of halogens is 3. The van der Waals surface area contributed by atoms with Crippen molar-refractivity contribution < 1.29 is 27.5 Å². The number of benzene rings is 1. The minimum atomic E-state index is -4.44. The van der Waals surface area contributed by atoms with Crippen LogP contribution in [0.4, 0.5) is 13.2 Å². The number of tetrazole rings is 1. The van der Waals surface area contributed by atoms with Crippen molar-refractivity contribution in [2.45, 2.75) is 25.1 Å². The summed E-state index contributed by atoms with van der Waals surface area (Å²) in [6, 6.07) is 4.22. The molecule has 1 atom stereocenters. The molecule has 2 amide bonds. The first-order valence-corrected chi connectivity index (χ1v) is 9.50. The van der Waals surface area contributed by atoms with E-state index in [0.29, 0.717) is 32.8 Å². The van der Waals surface area contributed by atoms with Gasteiger partial charge in [0.1, 0.15) is 6.10 Å². The number of hydrogen-bond donors (Lipinski definition) is 0. The van der Waals surface area contributed by atoms with Gasteiger partial charge in [-0.15, -0.1) is 15.0 Å². The fourth-order valence-corrected chi connectivity index (χ4v) is 3.44. The van der Waals surface area contributed by atoms with Crippen LogP contribution in [0.3, 0.4) is 0 Å². The highest BCUT2D eigenvalue weighted by Gasteiger charge is 2.33. The molecule has 30 heavy (non-hydrogen) atoms. The van der Waals surface area contributed by atoms with Crippen LogP contribution in [0.15, 0.2) is 24.3 Å². The second-order valence-corrected chi connectivity index (χ2v) is 7.07. The number of hydrogen-bond acceptors (Lipinski definition) is 6. The van der Waals surface area contributed by atoms with Gasteiger partial charge in [-0.2, -0.15) is 13.2 Å². The molecule has 1 unspecified atom stereocenters. The summed E-state index contributed by atoms with van der Waals surface area (Å²) in [6.07, 6.45) is -3.25.